The van der Waals surface area contributed by atoms with Gasteiger partial charge in [0.05, 0.1) is 0 Å². The van der Waals surface area contributed by atoms with Gasteiger partial charge in [0.2, 0.25) is 0 Å². The van der Waals surface area contributed by atoms with E-state index in [0.717, 1.165) is 5.57 Å². The van der Waals surface area contributed by atoms with Crippen LogP contribution in [0.1, 0.15) is 27.7 Å². The molecule has 0 aliphatic carbocycles. The van der Waals surface area contributed by atoms with Gasteiger partial charge in [0, 0.05) is 12.3 Å². The van der Waals surface area contributed by atoms with E-state index in [1.165, 1.54) is 0 Å². The third-order valence-electron chi connectivity index (χ3n) is 1.38. The molecule has 0 aliphatic rings. The van der Waals surface area contributed by atoms with Crippen LogP contribution in [0.2, 0.25) is 0 Å². The molecule has 0 aromatic carbocycles. The second kappa shape index (κ2) is 4.94. The van der Waals surface area contributed by atoms with Crippen LogP contribution in [0.5, 0.6) is 0 Å². The highest BCUT2D eigenvalue weighted by atomic mass is 14.7. The van der Waals surface area contributed by atoms with Crippen LogP contribution in [-0.2, 0) is 0 Å². The number of aliphatic imine (C=N–C) groups is 1. The predicted octanol–water partition coefficient (Wildman–Crippen LogP) is 1.96. The molecule has 0 unspecified atom stereocenters. The molecular weight excluding hydrogens is 136 g/mol. The highest BCUT2D eigenvalue weighted by Crippen LogP contribution is 2.04. The highest BCUT2D eigenvalue weighted by Gasteiger charge is 1.97. The Kier molecular flexibility index (Phi) is 4.59. The summed E-state index contributed by atoms with van der Waals surface area (Å²) in [6.45, 7) is 8.30. The molecule has 2 nitrogen and oxygen atoms in total. The first-order valence-electron chi connectivity index (χ1n) is 4.03. The van der Waals surface area contributed by atoms with E-state index >= 15 is 0 Å². The van der Waals surface area contributed by atoms with Gasteiger partial charge in [-0.25, -0.2) is 0 Å². The van der Waals surface area contributed by atoms with Gasteiger partial charge < -0.3 is 5.73 Å². The van der Waals surface area contributed by atoms with Crippen LogP contribution in [0.4, 0.5) is 0 Å². The third-order valence-corrected chi connectivity index (χ3v) is 1.38. The van der Waals surface area contributed by atoms with Crippen LogP contribution in [0.25, 0.3) is 0 Å². The van der Waals surface area contributed by atoms with E-state index in [4.69, 9.17) is 5.73 Å². The van der Waals surface area contributed by atoms with E-state index < -0.39 is 0 Å². The minimum atomic E-state index is 0.351. The van der Waals surface area contributed by atoms with Gasteiger partial charge in [0.25, 0.3) is 0 Å². The van der Waals surface area contributed by atoms with Gasteiger partial charge in [-0.3, -0.25) is 4.99 Å². The lowest BCUT2D eigenvalue weighted by Crippen LogP contribution is -2.01. The summed E-state index contributed by atoms with van der Waals surface area (Å²) in [5, 5.41) is 0. The van der Waals surface area contributed by atoms with Crippen LogP contribution in [0.15, 0.2) is 16.8 Å². The molecule has 0 bridgehead atoms. The second-order valence-corrected chi connectivity index (χ2v) is 3.19. The standard InChI is InChI=1S/C9H18N2/c1-7(2)9(5-10)6-11-8(3)4/h5-8H,10H2,1-4H3/b9-5+,11-6?. The number of nitrogens with zero attached hydrogens (tertiary/aromatic N) is 1. The molecule has 11 heavy (non-hydrogen) atoms. The molecule has 0 rings (SSSR count). The molecule has 0 aliphatic heterocycles. The highest BCUT2D eigenvalue weighted by molar-refractivity contribution is 5.78. The summed E-state index contributed by atoms with van der Waals surface area (Å²) < 4.78 is 0. The summed E-state index contributed by atoms with van der Waals surface area (Å²) in [7, 11) is 0. The Balaban J connectivity index is 4.10. The summed E-state index contributed by atoms with van der Waals surface area (Å²) in [4.78, 5) is 4.24. The second-order valence-electron chi connectivity index (χ2n) is 3.19. The quantitative estimate of drug-likeness (QED) is 0.620. The third kappa shape index (κ3) is 4.59. The molecule has 0 amide bonds. The SMILES string of the molecule is CC(C)N=C/C(=C\N)C(C)C. The Morgan fingerprint density at radius 1 is 1.27 bits per heavy atom. The lowest BCUT2D eigenvalue weighted by atomic mass is 10.1. The van der Waals surface area contributed by atoms with Crippen molar-refractivity contribution >= 4 is 6.21 Å². The Morgan fingerprint density at radius 3 is 2.09 bits per heavy atom. The molecule has 2 heteroatoms. The van der Waals surface area contributed by atoms with E-state index in [1.807, 2.05) is 20.1 Å². The number of nitrogens with two attached hydrogens (primary N) is 1. The maximum absolute atomic E-state index is 5.41. The van der Waals surface area contributed by atoms with Crippen molar-refractivity contribution in [2.45, 2.75) is 33.7 Å². The first-order valence-corrected chi connectivity index (χ1v) is 4.03. The molecule has 0 heterocycles. The Labute approximate surface area is 69.2 Å². The minimum Gasteiger partial charge on any atom is -0.404 e. The maximum atomic E-state index is 5.41. The fraction of sp³-hybridized carbons (Fsp3) is 0.667. The zero-order chi connectivity index (χ0) is 8.85. The van der Waals surface area contributed by atoms with Gasteiger partial charge in [0.15, 0.2) is 0 Å². The molecule has 2 N–H and O–H groups in total. The molecule has 0 saturated heterocycles. The van der Waals surface area contributed by atoms with E-state index in [1.54, 1.807) is 6.20 Å². The maximum Gasteiger partial charge on any atom is 0.0443 e. The van der Waals surface area contributed by atoms with Crippen molar-refractivity contribution in [1.82, 2.24) is 0 Å². The van der Waals surface area contributed by atoms with Crippen LogP contribution < -0.4 is 5.73 Å². The molecule has 64 valence electrons. The lowest BCUT2D eigenvalue weighted by molar-refractivity contribution is 0.792. The van der Waals surface area contributed by atoms with Gasteiger partial charge in [-0.15, -0.1) is 0 Å². The summed E-state index contributed by atoms with van der Waals surface area (Å²) in [6, 6.07) is 0.351. The molecule has 0 radical (unpaired) electrons. The summed E-state index contributed by atoms with van der Waals surface area (Å²) in [5.41, 5.74) is 6.50. The number of hydrogen-bond donors (Lipinski definition) is 1. The number of allylic oxidation sites excluding steroid dienone is 1. The predicted molar refractivity (Wildman–Crippen MR) is 50.7 cm³/mol. The van der Waals surface area contributed by atoms with Crippen molar-refractivity contribution in [1.29, 1.82) is 0 Å². The summed E-state index contributed by atoms with van der Waals surface area (Å²) >= 11 is 0. The minimum absolute atomic E-state index is 0.351. The normalized spacial score (nSPS) is 13.8. The summed E-state index contributed by atoms with van der Waals surface area (Å²) in [5.74, 6) is 0.461. The lowest BCUT2D eigenvalue weighted by Gasteiger charge is -2.04. The van der Waals surface area contributed by atoms with Gasteiger partial charge in [-0.05, 0) is 31.5 Å². The van der Waals surface area contributed by atoms with Gasteiger partial charge in [-0.2, -0.15) is 0 Å². The van der Waals surface area contributed by atoms with E-state index in [0.29, 0.717) is 12.0 Å². The molecule has 0 atom stereocenters. The van der Waals surface area contributed by atoms with Crippen molar-refractivity contribution in [2.24, 2.45) is 16.6 Å². The fourth-order valence-corrected chi connectivity index (χ4v) is 0.620. The first-order chi connectivity index (χ1) is 5.07. The first kappa shape index (κ1) is 10.2. The van der Waals surface area contributed by atoms with Crippen LogP contribution in [-0.4, -0.2) is 12.3 Å². The average Bonchev–Trinajstić information content (AvgIpc) is 1.87. The average molecular weight is 154 g/mol. The van der Waals surface area contributed by atoms with E-state index in [9.17, 15) is 0 Å². The molecule has 0 aromatic heterocycles. The van der Waals surface area contributed by atoms with E-state index in [2.05, 4.69) is 18.8 Å². The monoisotopic (exact) mass is 154 g/mol. The van der Waals surface area contributed by atoms with E-state index in [-0.39, 0.29) is 0 Å². The van der Waals surface area contributed by atoms with Gasteiger partial charge in [-0.1, -0.05) is 13.8 Å². The molecule has 0 fully saturated rings. The zero-order valence-corrected chi connectivity index (χ0v) is 7.83. The molecule has 0 aromatic rings. The van der Waals surface area contributed by atoms with Crippen LogP contribution in [0.3, 0.4) is 0 Å². The van der Waals surface area contributed by atoms with Crippen molar-refractivity contribution < 1.29 is 0 Å². The summed E-state index contributed by atoms with van der Waals surface area (Å²) in [6.07, 6.45) is 3.48. The van der Waals surface area contributed by atoms with Crippen molar-refractivity contribution in [3.05, 3.63) is 11.8 Å². The zero-order valence-electron chi connectivity index (χ0n) is 7.83. The number of hydrogen-bond acceptors (Lipinski definition) is 2. The van der Waals surface area contributed by atoms with Gasteiger partial charge in [0.1, 0.15) is 0 Å². The smallest absolute Gasteiger partial charge is 0.0443 e. The topological polar surface area (TPSA) is 38.4 Å². The largest absolute Gasteiger partial charge is 0.404 e. The van der Waals surface area contributed by atoms with Crippen molar-refractivity contribution in [3.63, 3.8) is 0 Å². The Morgan fingerprint density at radius 2 is 1.82 bits per heavy atom. The Bertz CT molecular complexity index is 155. The fourth-order valence-electron chi connectivity index (χ4n) is 0.620. The molecule has 0 saturated carbocycles. The van der Waals surface area contributed by atoms with Gasteiger partial charge >= 0.3 is 0 Å². The van der Waals surface area contributed by atoms with Crippen molar-refractivity contribution in [2.75, 3.05) is 0 Å². The molecule has 0 spiro atoms. The van der Waals surface area contributed by atoms with Crippen LogP contribution in [0, 0.1) is 5.92 Å². The van der Waals surface area contributed by atoms with Crippen LogP contribution >= 0.6 is 0 Å². The Hall–Kier alpha value is -0.790. The van der Waals surface area contributed by atoms with Crippen molar-refractivity contribution in [3.8, 4) is 0 Å². The molecular formula is C9H18N2. The number of rotatable bonds is 3.